The first-order chi connectivity index (χ1) is 18.8. The second-order valence-corrected chi connectivity index (χ2v) is 11.8. The monoisotopic (exact) mass is 552 g/mol. The molecule has 1 fully saturated rings. The van der Waals surface area contributed by atoms with Crippen molar-refractivity contribution in [1.29, 1.82) is 0 Å². The Labute approximate surface area is 225 Å². The molecule has 0 aliphatic carbocycles. The Balaban J connectivity index is 1.32. The van der Waals surface area contributed by atoms with Crippen LogP contribution in [0.1, 0.15) is 25.3 Å². The van der Waals surface area contributed by atoms with Gasteiger partial charge in [-0.15, -0.1) is 10.2 Å². The molecule has 0 spiro atoms. The first kappa shape index (κ1) is 26.9. The van der Waals surface area contributed by atoms with Crippen molar-refractivity contribution in [2.45, 2.75) is 42.5 Å². The molecule has 1 saturated heterocycles. The molecule has 3 N–H and O–H groups in total. The number of hydrogen-bond acceptors (Lipinski definition) is 10. The molecular formula is C27H29FN6O4S. The van der Waals surface area contributed by atoms with Gasteiger partial charge in [0.25, 0.3) is 5.89 Å². The standard InChI is InChI=1S/C27H29FN6O4S/c1-17(10-12-28)39(35,36)22-8-6-19(7-9-22)23-15-31-25(29)24(32-23)27-34-33-26(38-27)20-4-2-18(3-5-20)14-30-21-11-13-37-16-21/h2-9,15,17,21,30H,10-14,16H2,1H3,(H2,29,31)/t17?,21-/m1/s1. The van der Waals surface area contributed by atoms with E-state index in [9.17, 15) is 12.8 Å². The summed E-state index contributed by atoms with van der Waals surface area (Å²) in [4.78, 5) is 8.88. The molecule has 0 radical (unpaired) electrons. The molecule has 5 rings (SSSR count). The van der Waals surface area contributed by atoms with E-state index in [0.29, 0.717) is 23.2 Å². The molecule has 1 aliphatic heterocycles. The van der Waals surface area contributed by atoms with Crippen LogP contribution in [0.15, 0.2) is 64.0 Å². The summed E-state index contributed by atoms with van der Waals surface area (Å²) < 4.78 is 49.2. The van der Waals surface area contributed by atoms with E-state index >= 15 is 0 Å². The number of nitrogens with one attached hydrogen (secondary N) is 1. The lowest BCUT2D eigenvalue weighted by Gasteiger charge is -2.12. The highest BCUT2D eigenvalue weighted by Gasteiger charge is 2.23. The molecule has 3 heterocycles. The molecule has 2 aromatic heterocycles. The summed E-state index contributed by atoms with van der Waals surface area (Å²) in [5, 5.41) is 10.9. The summed E-state index contributed by atoms with van der Waals surface area (Å²) >= 11 is 0. The molecule has 2 aromatic carbocycles. The zero-order valence-electron chi connectivity index (χ0n) is 21.4. The number of nitrogens with two attached hydrogens (primary N) is 1. The number of anilines is 1. The molecule has 4 aromatic rings. The van der Waals surface area contributed by atoms with Crippen LogP contribution in [0.4, 0.5) is 10.2 Å². The zero-order valence-corrected chi connectivity index (χ0v) is 22.2. The van der Waals surface area contributed by atoms with Crippen molar-refractivity contribution in [3.05, 3.63) is 60.3 Å². The summed E-state index contributed by atoms with van der Waals surface area (Å²) in [5.41, 5.74) is 9.24. The predicted molar refractivity (Wildman–Crippen MR) is 144 cm³/mol. The molecule has 1 aliphatic rings. The normalized spacial score (nSPS) is 16.4. The summed E-state index contributed by atoms with van der Waals surface area (Å²) in [6.07, 6.45) is 2.45. The summed E-state index contributed by atoms with van der Waals surface area (Å²) in [7, 11) is -3.63. The maximum absolute atomic E-state index is 12.7. The minimum Gasteiger partial charge on any atom is -0.414 e. The maximum atomic E-state index is 12.7. The van der Waals surface area contributed by atoms with Crippen LogP contribution in [0.3, 0.4) is 0 Å². The quantitative estimate of drug-likeness (QED) is 0.297. The van der Waals surface area contributed by atoms with E-state index in [-0.39, 0.29) is 28.7 Å². The highest BCUT2D eigenvalue weighted by atomic mass is 32.2. The second kappa shape index (κ2) is 11.6. The molecule has 204 valence electrons. The molecule has 12 heteroatoms. The number of halogens is 1. The van der Waals surface area contributed by atoms with Gasteiger partial charge in [-0.2, -0.15) is 0 Å². The summed E-state index contributed by atoms with van der Waals surface area (Å²) in [6.45, 7) is 3.08. The van der Waals surface area contributed by atoms with Gasteiger partial charge in [-0.3, -0.25) is 4.39 Å². The second-order valence-electron chi connectivity index (χ2n) is 9.40. The van der Waals surface area contributed by atoms with Crippen molar-refractivity contribution in [2.24, 2.45) is 0 Å². The number of nitrogen functional groups attached to an aromatic ring is 1. The molecule has 0 saturated carbocycles. The molecule has 39 heavy (non-hydrogen) atoms. The fraction of sp³-hybridized carbons (Fsp3) is 0.333. The van der Waals surface area contributed by atoms with Crippen LogP contribution in [0.2, 0.25) is 0 Å². The molecule has 10 nitrogen and oxygen atoms in total. The van der Waals surface area contributed by atoms with Crippen LogP contribution in [-0.2, 0) is 21.1 Å². The Bertz CT molecular complexity index is 1520. The van der Waals surface area contributed by atoms with Gasteiger partial charge in [0.05, 0.1) is 35.3 Å². The minimum atomic E-state index is -3.63. The van der Waals surface area contributed by atoms with Crippen molar-refractivity contribution in [2.75, 3.05) is 25.6 Å². The van der Waals surface area contributed by atoms with Crippen LogP contribution in [0, 0.1) is 0 Å². The topological polar surface area (TPSA) is 146 Å². The van der Waals surface area contributed by atoms with Gasteiger partial charge in [-0.1, -0.05) is 24.3 Å². The van der Waals surface area contributed by atoms with E-state index in [2.05, 4.69) is 25.5 Å². The van der Waals surface area contributed by atoms with Crippen molar-refractivity contribution >= 4 is 15.7 Å². The zero-order chi connectivity index (χ0) is 27.4. The van der Waals surface area contributed by atoms with Gasteiger partial charge in [0.15, 0.2) is 21.3 Å². The van der Waals surface area contributed by atoms with E-state index in [4.69, 9.17) is 14.9 Å². The number of nitrogens with zero attached hydrogens (tertiary/aromatic N) is 4. The lowest BCUT2D eigenvalue weighted by molar-refractivity contribution is 0.190. The summed E-state index contributed by atoms with van der Waals surface area (Å²) in [5.74, 6) is 0.547. The maximum Gasteiger partial charge on any atom is 0.270 e. The lowest BCUT2D eigenvalue weighted by atomic mass is 10.1. The average Bonchev–Trinajstić information content (AvgIpc) is 3.66. The third-order valence-electron chi connectivity index (χ3n) is 6.68. The fourth-order valence-electron chi connectivity index (χ4n) is 4.21. The fourth-order valence-corrected chi connectivity index (χ4v) is 5.59. The van der Waals surface area contributed by atoms with Crippen LogP contribution in [0.5, 0.6) is 0 Å². The number of rotatable bonds is 10. The number of sulfone groups is 1. The van der Waals surface area contributed by atoms with Gasteiger partial charge in [-0.05, 0) is 49.6 Å². The SMILES string of the molecule is CC(CCF)S(=O)(=O)c1ccc(-c2cnc(N)c(-c3nnc(-c4ccc(CN[C@@H]5CCOC5)cc4)o3)n2)cc1. The van der Waals surface area contributed by atoms with E-state index in [1.807, 2.05) is 24.3 Å². The lowest BCUT2D eigenvalue weighted by Crippen LogP contribution is -2.28. The van der Waals surface area contributed by atoms with Crippen molar-refractivity contribution in [3.8, 4) is 34.3 Å². The third-order valence-corrected chi connectivity index (χ3v) is 8.90. The van der Waals surface area contributed by atoms with Gasteiger partial charge in [0.1, 0.15) is 0 Å². The van der Waals surface area contributed by atoms with E-state index < -0.39 is 21.8 Å². The first-order valence-corrected chi connectivity index (χ1v) is 14.2. The van der Waals surface area contributed by atoms with E-state index in [0.717, 1.165) is 37.3 Å². The van der Waals surface area contributed by atoms with E-state index in [1.165, 1.54) is 25.3 Å². The largest absolute Gasteiger partial charge is 0.414 e. The smallest absolute Gasteiger partial charge is 0.270 e. The van der Waals surface area contributed by atoms with Gasteiger partial charge < -0.3 is 20.2 Å². The molecule has 0 bridgehead atoms. The van der Waals surface area contributed by atoms with Gasteiger partial charge in [0.2, 0.25) is 5.89 Å². The first-order valence-electron chi connectivity index (χ1n) is 12.6. The predicted octanol–water partition coefficient (Wildman–Crippen LogP) is 3.84. The van der Waals surface area contributed by atoms with Gasteiger partial charge >= 0.3 is 0 Å². The van der Waals surface area contributed by atoms with Crippen LogP contribution < -0.4 is 11.1 Å². The molecular weight excluding hydrogens is 523 g/mol. The highest BCUT2D eigenvalue weighted by Crippen LogP contribution is 2.29. The number of benzene rings is 2. The van der Waals surface area contributed by atoms with Crippen LogP contribution >= 0.6 is 0 Å². The Morgan fingerprint density at radius 2 is 1.79 bits per heavy atom. The average molecular weight is 553 g/mol. The Hall–Kier alpha value is -3.74. The van der Waals surface area contributed by atoms with Crippen molar-refractivity contribution < 1.29 is 22.0 Å². The van der Waals surface area contributed by atoms with Crippen LogP contribution in [-0.4, -0.2) is 59.8 Å². The number of hydrogen-bond donors (Lipinski definition) is 2. The van der Waals surface area contributed by atoms with E-state index in [1.54, 1.807) is 12.1 Å². The number of aromatic nitrogens is 4. The Kier molecular flexibility index (Phi) is 7.96. The number of ether oxygens (including phenoxy) is 1. The molecule has 2 atom stereocenters. The highest BCUT2D eigenvalue weighted by molar-refractivity contribution is 7.92. The summed E-state index contributed by atoms with van der Waals surface area (Å²) in [6, 6.07) is 14.4. The Morgan fingerprint density at radius 3 is 2.49 bits per heavy atom. The minimum absolute atomic E-state index is 0.0549. The van der Waals surface area contributed by atoms with Crippen molar-refractivity contribution in [1.82, 2.24) is 25.5 Å². The van der Waals surface area contributed by atoms with Gasteiger partial charge in [0, 0.05) is 30.3 Å². The Morgan fingerprint density at radius 1 is 1.08 bits per heavy atom. The molecule has 0 amide bonds. The van der Waals surface area contributed by atoms with Crippen molar-refractivity contribution in [3.63, 3.8) is 0 Å². The number of alkyl halides is 1. The van der Waals surface area contributed by atoms with Gasteiger partial charge in [-0.25, -0.2) is 18.4 Å². The third kappa shape index (κ3) is 5.97. The van der Waals surface area contributed by atoms with Crippen LogP contribution in [0.25, 0.3) is 34.3 Å². The molecule has 1 unspecified atom stereocenters.